The maximum absolute atomic E-state index is 12.3. The predicted octanol–water partition coefficient (Wildman–Crippen LogP) is 4.83. The lowest BCUT2D eigenvalue weighted by atomic mass is 9.85. The Morgan fingerprint density at radius 3 is 1.95 bits per heavy atom. The molecule has 0 spiro atoms. The molecule has 0 aromatic heterocycles. The van der Waals surface area contributed by atoms with E-state index in [0.29, 0.717) is 4.90 Å². The van der Waals surface area contributed by atoms with Gasteiger partial charge < -0.3 is 0 Å². The molecule has 0 aliphatic carbocycles. The molecule has 0 unspecified atom stereocenters. The zero-order valence-electron chi connectivity index (χ0n) is 13.9. The van der Waals surface area contributed by atoms with Gasteiger partial charge in [-0.25, -0.2) is 8.42 Å². The van der Waals surface area contributed by atoms with Crippen molar-refractivity contribution in [1.29, 1.82) is 0 Å². The summed E-state index contributed by atoms with van der Waals surface area (Å²) in [7, 11) is -3.25. The van der Waals surface area contributed by atoms with Crippen LogP contribution in [0.5, 0.6) is 0 Å². The van der Waals surface area contributed by atoms with Crippen molar-refractivity contribution in [3.8, 4) is 11.1 Å². The van der Waals surface area contributed by atoms with E-state index in [0.717, 1.165) is 11.1 Å². The second-order valence-corrected chi connectivity index (χ2v) is 9.46. The molecule has 2 aromatic carbocycles. The van der Waals surface area contributed by atoms with Gasteiger partial charge in [0.15, 0.2) is 9.84 Å². The maximum Gasteiger partial charge on any atom is 0.180 e. The smallest absolute Gasteiger partial charge is 0.180 e. The highest BCUT2D eigenvalue weighted by Crippen LogP contribution is 2.29. The molecule has 2 nitrogen and oxygen atoms in total. The first kappa shape index (κ1) is 16.8. The molecule has 0 aliphatic rings. The van der Waals surface area contributed by atoms with E-state index >= 15 is 0 Å². The highest BCUT2D eigenvalue weighted by atomic mass is 32.2. The fourth-order valence-electron chi connectivity index (χ4n) is 2.29. The summed E-state index contributed by atoms with van der Waals surface area (Å²) in [5.41, 5.74) is 3.29. The van der Waals surface area contributed by atoms with Crippen LogP contribution in [-0.4, -0.2) is 13.7 Å². The van der Waals surface area contributed by atoms with Gasteiger partial charge in [-0.3, -0.25) is 0 Å². The molecule has 0 atom stereocenters. The average Bonchev–Trinajstić information content (AvgIpc) is 2.46. The molecule has 2 rings (SSSR count). The third kappa shape index (κ3) is 3.41. The Bertz CT molecular complexity index is 766. The van der Waals surface area contributed by atoms with Gasteiger partial charge in [0.25, 0.3) is 0 Å². The Morgan fingerprint density at radius 2 is 1.41 bits per heavy atom. The molecule has 118 valence electrons. The Morgan fingerprint density at radius 1 is 0.864 bits per heavy atom. The minimum absolute atomic E-state index is 0.0671. The summed E-state index contributed by atoms with van der Waals surface area (Å²) in [4.78, 5) is 0.390. The van der Waals surface area contributed by atoms with Gasteiger partial charge in [-0.05, 0) is 48.1 Å². The lowest BCUT2D eigenvalue weighted by Gasteiger charge is -2.20. The first-order chi connectivity index (χ1) is 10.1. The largest absolute Gasteiger partial charge is 0.223 e. The highest BCUT2D eigenvalue weighted by Gasteiger charge is 2.20. The van der Waals surface area contributed by atoms with Gasteiger partial charge in [0.2, 0.25) is 0 Å². The zero-order chi connectivity index (χ0) is 16.5. The van der Waals surface area contributed by atoms with Crippen LogP contribution in [0.3, 0.4) is 0 Å². The molecule has 0 saturated heterocycles. The van der Waals surface area contributed by atoms with E-state index in [2.05, 4.69) is 32.9 Å². The summed E-state index contributed by atoms with van der Waals surface area (Å²) in [5, 5.41) is -0.413. The summed E-state index contributed by atoms with van der Waals surface area (Å²) >= 11 is 0. The Kier molecular flexibility index (Phi) is 4.48. The molecule has 0 saturated carbocycles. The van der Waals surface area contributed by atoms with Crippen LogP contribution in [-0.2, 0) is 15.3 Å². The quantitative estimate of drug-likeness (QED) is 0.812. The SMILES string of the molecule is CC(C)S(=O)(=O)c1cccc(-c2cccc(C(C)(C)C)c2)c1. The van der Waals surface area contributed by atoms with Crippen LogP contribution in [0.25, 0.3) is 11.1 Å². The maximum atomic E-state index is 12.3. The molecule has 0 N–H and O–H groups in total. The number of hydrogen-bond donors (Lipinski definition) is 0. The van der Waals surface area contributed by atoms with Crippen LogP contribution in [0.4, 0.5) is 0 Å². The van der Waals surface area contributed by atoms with Crippen molar-refractivity contribution in [2.75, 3.05) is 0 Å². The summed E-state index contributed by atoms with van der Waals surface area (Å²) in [6.45, 7) is 9.94. The summed E-state index contributed by atoms with van der Waals surface area (Å²) < 4.78 is 24.7. The normalized spacial score (nSPS) is 12.6. The van der Waals surface area contributed by atoms with Gasteiger partial charge >= 0.3 is 0 Å². The van der Waals surface area contributed by atoms with Crippen molar-refractivity contribution in [2.45, 2.75) is 50.2 Å². The molecule has 3 heteroatoms. The molecule has 22 heavy (non-hydrogen) atoms. The van der Waals surface area contributed by atoms with Gasteiger partial charge in [-0.1, -0.05) is 57.2 Å². The molecule has 0 heterocycles. The molecular formula is C19H24O2S. The van der Waals surface area contributed by atoms with Crippen LogP contribution in [0, 0.1) is 0 Å². The minimum Gasteiger partial charge on any atom is -0.223 e. The van der Waals surface area contributed by atoms with E-state index < -0.39 is 15.1 Å². The average molecular weight is 316 g/mol. The van der Waals surface area contributed by atoms with E-state index in [-0.39, 0.29) is 5.41 Å². The fraction of sp³-hybridized carbons (Fsp3) is 0.368. The van der Waals surface area contributed by atoms with Crippen LogP contribution >= 0.6 is 0 Å². The standard InChI is InChI=1S/C19H24O2S/c1-14(2)22(20,21)18-11-7-9-16(13-18)15-8-6-10-17(12-15)19(3,4)5/h6-14H,1-5H3. The molecule has 0 bridgehead atoms. The number of benzene rings is 2. The van der Waals surface area contributed by atoms with Gasteiger partial charge in [0.1, 0.15) is 0 Å². The number of rotatable bonds is 3. The highest BCUT2D eigenvalue weighted by molar-refractivity contribution is 7.92. The monoisotopic (exact) mass is 316 g/mol. The van der Waals surface area contributed by atoms with Gasteiger partial charge in [-0.2, -0.15) is 0 Å². The van der Waals surface area contributed by atoms with E-state index in [1.807, 2.05) is 24.3 Å². The molecular weight excluding hydrogens is 292 g/mol. The molecule has 0 aliphatic heterocycles. The van der Waals surface area contributed by atoms with E-state index in [1.54, 1.807) is 26.0 Å². The van der Waals surface area contributed by atoms with Crippen LogP contribution in [0.15, 0.2) is 53.4 Å². The minimum atomic E-state index is -3.25. The van der Waals surface area contributed by atoms with Crippen molar-refractivity contribution < 1.29 is 8.42 Å². The molecule has 0 radical (unpaired) electrons. The van der Waals surface area contributed by atoms with E-state index in [4.69, 9.17) is 0 Å². The molecule has 0 amide bonds. The van der Waals surface area contributed by atoms with Crippen molar-refractivity contribution in [3.63, 3.8) is 0 Å². The Labute approximate surface area is 134 Å². The Hall–Kier alpha value is -1.61. The zero-order valence-corrected chi connectivity index (χ0v) is 14.7. The third-order valence-electron chi connectivity index (χ3n) is 3.85. The van der Waals surface area contributed by atoms with Crippen molar-refractivity contribution in [1.82, 2.24) is 0 Å². The molecule has 2 aromatic rings. The lowest BCUT2D eigenvalue weighted by Crippen LogP contribution is -2.14. The summed E-state index contributed by atoms with van der Waals surface area (Å²) in [6, 6.07) is 15.5. The first-order valence-corrected chi connectivity index (χ1v) is 9.12. The predicted molar refractivity (Wildman–Crippen MR) is 92.9 cm³/mol. The first-order valence-electron chi connectivity index (χ1n) is 7.57. The second kappa shape index (κ2) is 5.88. The topological polar surface area (TPSA) is 34.1 Å². The summed E-state index contributed by atoms with van der Waals surface area (Å²) in [5.74, 6) is 0. The van der Waals surface area contributed by atoms with Crippen LogP contribution in [0.2, 0.25) is 0 Å². The van der Waals surface area contributed by atoms with Crippen molar-refractivity contribution >= 4 is 9.84 Å². The second-order valence-electron chi connectivity index (χ2n) is 6.95. The number of sulfone groups is 1. The van der Waals surface area contributed by atoms with E-state index in [9.17, 15) is 8.42 Å². The van der Waals surface area contributed by atoms with Crippen molar-refractivity contribution in [3.05, 3.63) is 54.1 Å². The van der Waals surface area contributed by atoms with Crippen LogP contribution in [0.1, 0.15) is 40.2 Å². The van der Waals surface area contributed by atoms with Crippen LogP contribution < -0.4 is 0 Å². The fourth-order valence-corrected chi connectivity index (χ4v) is 3.39. The van der Waals surface area contributed by atoms with Gasteiger partial charge in [0, 0.05) is 0 Å². The third-order valence-corrected chi connectivity index (χ3v) is 6.00. The van der Waals surface area contributed by atoms with Crippen molar-refractivity contribution in [2.24, 2.45) is 0 Å². The Balaban J connectivity index is 2.52. The lowest BCUT2D eigenvalue weighted by molar-refractivity contribution is 0.587. The van der Waals surface area contributed by atoms with Gasteiger partial charge in [-0.15, -0.1) is 0 Å². The summed E-state index contributed by atoms with van der Waals surface area (Å²) in [6.07, 6.45) is 0. The van der Waals surface area contributed by atoms with E-state index in [1.165, 1.54) is 5.56 Å². The molecule has 0 fully saturated rings. The van der Waals surface area contributed by atoms with Gasteiger partial charge in [0.05, 0.1) is 10.1 Å². The number of hydrogen-bond acceptors (Lipinski definition) is 2.